The monoisotopic (exact) mass is 416 g/mol. The van der Waals surface area contributed by atoms with Crippen molar-refractivity contribution in [3.63, 3.8) is 0 Å². The molecule has 0 radical (unpaired) electrons. The van der Waals surface area contributed by atoms with Crippen molar-refractivity contribution in [1.82, 2.24) is 19.9 Å². The molecule has 31 heavy (non-hydrogen) atoms. The SMILES string of the molecule is O=C(c1cccc2ccccc12)N1CCN(Cc2nc(-c3ccc(F)cc3)no2)CC1. The maximum absolute atomic E-state index is 13.1. The molecule has 4 aromatic rings. The molecule has 5 rings (SSSR count). The standard InChI is InChI=1S/C24H21FN4O2/c25-19-10-8-18(9-11-19)23-26-22(31-27-23)16-28-12-14-29(15-13-28)24(30)21-7-3-5-17-4-1-2-6-20(17)21/h1-11H,12-16H2. The van der Waals surface area contributed by atoms with Crippen LogP contribution in [0.4, 0.5) is 4.39 Å². The number of hydrogen-bond acceptors (Lipinski definition) is 5. The zero-order valence-electron chi connectivity index (χ0n) is 16.9. The largest absolute Gasteiger partial charge is 0.338 e. The number of hydrogen-bond donors (Lipinski definition) is 0. The van der Waals surface area contributed by atoms with E-state index in [1.165, 1.54) is 12.1 Å². The summed E-state index contributed by atoms with van der Waals surface area (Å²) < 4.78 is 18.5. The minimum atomic E-state index is -0.302. The Balaban J connectivity index is 1.22. The van der Waals surface area contributed by atoms with Gasteiger partial charge < -0.3 is 9.42 Å². The van der Waals surface area contributed by atoms with E-state index >= 15 is 0 Å². The average Bonchev–Trinajstić information content (AvgIpc) is 3.27. The van der Waals surface area contributed by atoms with Gasteiger partial charge in [-0.25, -0.2) is 4.39 Å². The number of aromatic nitrogens is 2. The third-order valence-corrected chi connectivity index (χ3v) is 5.61. The molecule has 0 bridgehead atoms. The zero-order valence-corrected chi connectivity index (χ0v) is 16.9. The van der Waals surface area contributed by atoms with E-state index in [1.54, 1.807) is 12.1 Å². The van der Waals surface area contributed by atoms with E-state index in [9.17, 15) is 9.18 Å². The predicted octanol–water partition coefficient (Wildman–Crippen LogP) is 3.99. The number of carbonyl (C=O) groups is 1. The van der Waals surface area contributed by atoms with Crippen molar-refractivity contribution >= 4 is 16.7 Å². The first-order chi connectivity index (χ1) is 15.2. The molecule has 1 amide bonds. The predicted molar refractivity (Wildman–Crippen MR) is 115 cm³/mol. The van der Waals surface area contributed by atoms with Crippen LogP contribution in [0, 0.1) is 5.82 Å². The number of rotatable bonds is 4. The van der Waals surface area contributed by atoms with Crippen LogP contribution in [0.1, 0.15) is 16.2 Å². The normalized spacial score (nSPS) is 14.8. The summed E-state index contributed by atoms with van der Waals surface area (Å²) >= 11 is 0. The second kappa shape index (κ2) is 8.28. The van der Waals surface area contributed by atoms with Gasteiger partial charge in [-0.05, 0) is 41.1 Å². The summed E-state index contributed by atoms with van der Waals surface area (Å²) in [5, 5.41) is 6.05. The molecule has 7 heteroatoms. The summed E-state index contributed by atoms with van der Waals surface area (Å²) in [6.45, 7) is 3.25. The second-order valence-electron chi connectivity index (χ2n) is 7.61. The summed E-state index contributed by atoms with van der Waals surface area (Å²) in [6, 6.07) is 19.8. The van der Waals surface area contributed by atoms with E-state index in [0.717, 1.165) is 29.4 Å². The molecular formula is C24H21FN4O2. The van der Waals surface area contributed by atoms with E-state index in [0.29, 0.717) is 36.9 Å². The van der Waals surface area contributed by atoms with Crippen molar-refractivity contribution in [1.29, 1.82) is 0 Å². The van der Waals surface area contributed by atoms with Gasteiger partial charge in [0.05, 0.1) is 6.54 Å². The first kappa shape index (κ1) is 19.4. The van der Waals surface area contributed by atoms with E-state index in [2.05, 4.69) is 15.0 Å². The molecule has 2 heterocycles. The summed E-state index contributed by atoms with van der Waals surface area (Å²) in [7, 11) is 0. The molecule has 1 aromatic heterocycles. The fraction of sp³-hybridized carbons (Fsp3) is 0.208. The first-order valence-corrected chi connectivity index (χ1v) is 10.3. The highest BCUT2D eigenvalue weighted by Gasteiger charge is 2.24. The fourth-order valence-electron chi connectivity index (χ4n) is 3.92. The maximum Gasteiger partial charge on any atom is 0.254 e. The number of carbonyl (C=O) groups excluding carboxylic acids is 1. The molecule has 156 valence electrons. The minimum absolute atomic E-state index is 0.0628. The van der Waals surface area contributed by atoms with Crippen molar-refractivity contribution in [2.45, 2.75) is 6.54 Å². The molecule has 0 unspecified atom stereocenters. The molecular weight excluding hydrogens is 395 g/mol. The number of fused-ring (bicyclic) bond motifs is 1. The Hall–Kier alpha value is -3.58. The summed E-state index contributed by atoms with van der Waals surface area (Å²) in [4.78, 5) is 21.6. The van der Waals surface area contributed by atoms with E-state index in [4.69, 9.17) is 4.52 Å². The second-order valence-corrected chi connectivity index (χ2v) is 7.61. The van der Waals surface area contributed by atoms with Gasteiger partial charge in [0, 0.05) is 37.3 Å². The molecule has 1 fully saturated rings. The van der Waals surface area contributed by atoms with Gasteiger partial charge in [0.25, 0.3) is 5.91 Å². The maximum atomic E-state index is 13.1. The lowest BCUT2D eigenvalue weighted by molar-refractivity contribution is 0.0617. The number of benzene rings is 3. The third-order valence-electron chi connectivity index (χ3n) is 5.61. The minimum Gasteiger partial charge on any atom is -0.338 e. The fourth-order valence-corrected chi connectivity index (χ4v) is 3.92. The van der Waals surface area contributed by atoms with Gasteiger partial charge in [0.1, 0.15) is 5.82 Å². The van der Waals surface area contributed by atoms with Crippen LogP contribution in [0.5, 0.6) is 0 Å². The van der Waals surface area contributed by atoms with E-state index < -0.39 is 0 Å². The van der Waals surface area contributed by atoms with Gasteiger partial charge >= 0.3 is 0 Å². The van der Waals surface area contributed by atoms with Crippen LogP contribution in [0.3, 0.4) is 0 Å². The smallest absolute Gasteiger partial charge is 0.254 e. The van der Waals surface area contributed by atoms with Crippen molar-refractivity contribution in [2.75, 3.05) is 26.2 Å². The Morgan fingerprint density at radius 2 is 1.68 bits per heavy atom. The lowest BCUT2D eigenvalue weighted by Gasteiger charge is -2.34. The molecule has 1 aliphatic heterocycles. The lowest BCUT2D eigenvalue weighted by atomic mass is 10.0. The number of amides is 1. The molecule has 0 aliphatic carbocycles. The van der Waals surface area contributed by atoms with Gasteiger partial charge in [-0.2, -0.15) is 4.98 Å². The average molecular weight is 416 g/mol. The van der Waals surface area contributed by atoms with Gasteiger partial charge in [0.2, 0.25) is 11.7 Å². The van der Waals surface area contributed by atoms with Crippen LogP contribution in [0.15, 0.2) is 71.3 Å². The van der Waals surface area contributed by atoms with Gasteiger partial charge in [-0.3, -0.25) is 9.69 Å². The number of nitrogens with zero attached hydrogens (tertiary/aromatic N) is 4. The first-order valence-electron chi connectivity index (χ1n) is 10.3. The molecule has 6 nitrogen and oxygen atoms in total. The zero-order chi connectivity index (χ0) is 21.2. The molecule has 1 saturated heterocycles. The Morgan fingerprint density at radius 3 is 2.48 bits per heavy atom. The summed E-state index contributed by atoms with van der Waals surface area (Å²) in [6.07, 6.45) is 0. The van der Waals surface area contributed by atoms with Crippen LogP contribution in [0.25, 0.3) is 22.2 Å². The van der Waals surface area contributed by atoms with E-state index in [1.807, 2.05) is 47.4 Å². The Labute approximate surface area is 178 Å². The molecule has 1 aliphatic rings. The third kappa shape index (κ3) is 4.04. The Morgan fingerprint density at radius 1 is 0.935 bits per heavy atom. The molecule has 0 N–H and O–H groups in total. The highest BCUT2D eigenvalue weighted by molar-refractivity contribution is 6.07. The van der Waals surface area contributed by atoms with Crippen LogP contribution in [0.2, 0.25) is 0 Å². The molecule has 3 aromatic carbocycles. The van der Waals surface area contributed by atoms with Crippen LogP contribution in [-0.4, -0.2) is 52.0 Å². The molecule has 0 saturated carbocycles. The molecule has 0 spiro atoms. The van der Waals surface area contributed by atoms with Gasteiger partial charge in [-0.1, -0.05) is 41.6 Å². The lowest BCUT2D eigenvalue weighted by Crippen LogP contribution is -2.48. The van der Waals surface area contributed by atoms with Crippen molar-refractivity contribution in [3.05, 3.63) is 84.0 Å². The summed E-state index contributed by atoms with van der Waals surface area (Å²) in [5.41, 5.74) is 1.45. The number of piperazine rings is 1. The molecule has 0 atom stereocenters. The Kier molecular flexibility index (Phi) is 5.18. The summed E-state index contributed by atoms with van der Waals surface area (Å²) in [5.74, 6) is 0.712. The van der Waals surface area contributed by atoms with E-state index in [-0.39, 0.29) is 11.7 Å². The van der Waals surface area contributed by atoms with Gasteiger partial charge in [0.15, 0.2) is 0 Å². The van der Waals surface area contributed by atoms with Crippen molar-refractivity contribution in [3.8, 4) is 11.4 Å². The van der Waals surface area contributed by atoms with Crippen molar-refractivity contribution in [2.24, 2.45) is 0 Å². The van der Waals surface area contributed by atoms with Crippen LogP contribution in [-0.2, 0) is 6.54 Å². The van der Waals surface area contributed by atoms with Crippen LogP contribution < -0.4 is 0 Å². The highest BCUT2D eigenvalue weighted by Crippen LogP contribution is 2.21. The van der Waals surface area contributed by atoms with Crippen molar-refractivity contribution < 1.29 is 13.7 Å². The Bertz CT molecular complexity index is 1210. The van der Waals surface area contributed by atoms with Gasteiger partial charge in [-0.15, -0.1) is 0 Å². The highest BCUT2D eigenvalue weighted by atomic mass is 19.1. The quantitative estimate of drug-likeness (QED) is 0.504. The van der Waals surface area contributed by atoms with Crippen LogP contribution >= 0.6 is 0 Å². The topological polar surface area (TPSA) is 62.5 Å². The number of halogens is 1.